The highest BCUT2D eigenvalue weighted by atomic mass is 32.1. The van der Waals surface area contributed by atoms with Gasteiger partial charge in [-0.3, -0.25) is 12.9 Å². The number of thiazole rings is 1. The van der Waals surface area contributed by atoms with Crippen LogP contribution in [0.15, 0.2) is 17.1 Å². The minimum atomic E-state index is -3.67. The first kappa shape index (κ1) is 17.5. The quantitative estimate of drug-likeness (QED) is 0.292. The molecular weight excluding hydrogens is 193 g/mol. The first-order valence-electron chi connectivity index (χ1n) is 2.42. The highest BCUT2D eigenvalue weighted by Gasteiger charge is 2.06. The minimum absolute atomic E-state index is 0. The van der Waals surface area contributed by atoms with E-state index >= 15 is 0 Å². The summed E-state index contributed by atoms with van der Waals surface area (Å²) in [5.74, 6) is 0. The molecule has 0 aliphatic heterocycles. The fourth-order valence-corrected chi connectivity index (χ4v) is 0.892. The SMILES string of the molecule is C.C[n+]1ccsc1.FB(F)F.[F-]. The zero-order valence-corrected chi connectivity index (χ0v) is 6.49. The molecule has 1 nitrogen and oxygen atoms in total. The van der Waals surface area contributed by atoms with Gasteiger partial charge in [0.15, 0.2) is 6.20 Å². The van der Waals surface area contributed by atoms with E-state index in [2.05, 4.69) is 0 Å². The third kappa shape index (κ3) is 16.2. The number of nitrogens with zero attached hydrogens (tertiary/aromatic N) is 1. The minimum Gasteiger partial charge on any atom is -1.00 e. The van der Waals surface area contributed by atoms with E-state index in [-0.39, 0.29) is 12.1 Å². The Morgan fingerprint density at radius 2 is 1.75 bits per heavy atom. The molecule has 0 atom stereocenters. The zero-order valence-electron chi connectivity index (χ0n) is 5.68. The first-order valence-corrected chi connectivity index (χ1v) is 3.37. The van der Waals surface area contributed by atoms with Crippen molar-refractivity contribution >= 4 is 18.9 Å². The largest absolute Gasteiger partial charge is 1.00 e. The predicted octanol–water partition coefficient (Wildman–Crippen LogP) is -0.907. The van der Waals surface area contributed by atoms with Gasteiger partial charge in [0, 0.05) is 0 Å². The number of aromatic nitrogens is 1. The topological polar surface area (TPSA) is 3.88 Å². The Hall–Kier alpha value is -0.585. The Bertz CT molecular complexity index is 156. The maximum atomic E-state index is 9.67. The molecule has 0 bridgehead atoms. The van der Waals surface area contributed by atoms with Crippen LogP contribution in [0.25, 0.3) is 0 Å². The van der Waals surface area contributed by atoms with E-state index in [1.54, 1.807) is 11.3 Å². The summed E-state index contributed by atoms with van der Waals surface area (Å²) in [5.41, 5.74) is 2.04. The van der Waals surface area contributed by atoms with Gasteiger partial charge < -0.3 is 4.70 Å². The number of hydrogen-bond donors (Lipinski definition) is 0. The van der Waals surface area contributed by atoms with Gasteiger partial charge >= 0.3 is 7.54 Å². The van der Waals surface area contributed by atoms with Crippen molar-refractivity contribution < 1.29 is 22.2 Å². The first-order chi connectivity index (χ1) is 4.63. The Balaban J connectivity index is -0.000000124. The lowest BCUT2D eigenvalue weighted by molar-refractivity contribution is -0.666. The van der Waals surface area contributed by atoms with Crippen LogP contribution in [-0.4, -0.2) is 7.54 Å². The standard InChI is InChI=1S/C4H6NS.CH4.BF3.FH/c1-5-2-3-6-4-5;;2-1(3)4;/h2-4H,1H3;1H4;;1H/q+1;;;/p-1. The molecule has 7 heteroatoms. The molecule has 1 heterocycles. The monoisotopic (exact) mass is 203 g/mol. The summed E-state index contributed by atoms with van der Waals surface area (Å²) in [6.45, 7) is 0. The van der Waals surface area contributed by atoms with Crippen molar-refractivity contribution in [2.45, 2.75) is 7.43 Å². The van der Waals surface area contributed by atoms with Crippen LogP contribution in [-0.2, 0) is 7.05 Å². The smallest absolute Gasteiger partial charge is 0.762 e. The number of halogens is 4. The lowest BCUT2D eigenvalue weighted by atomic mass is 10.5. The van der Waals surface area contributed by atoms with Crippen LogP contribution in [0, 0.1) is 0 Å². The second-order valence-electron chi connectivity index (χ2n) is 1.44. The van der Waals surface area contributed by atoms with Gasteiger partial charge in [-0.1, -0.05) is 18.8 Å². The molecule has 0 aliphatic carbocycles. The van der Waals surface area contributed by atoms with Gasteiger partial charge in [0.25, 0.3) is 0 Å². The molecule has 12 heavy (non-hydrogen) atoms. The van der Waals surface area contributed by atoms with Gasteiger partial charge in [-0.2, -0.15) is 4.57 Å². The summed E-state index contributed by atoms with van der Waals surface area (Å²) in [7, 11) is -1.66. The van der Waals surface area contributed by atoms with Crippen molar-refractivity contribution in [1.29, 1.82) is 0 Å². The Labute approximate surface area is 73.4 Å². The van der Waals surface area contributed by atoms with Crippen LogP contribution in [0.2, 0.25) is 0 Å². The molecule has 0 amide bonds. The molecule has 0 radical (unpaired) electrons. The lowest BCUT2D eigenvalue weighted by Crippen LogP contribution is -3.00. The van der Waals surface area contributed by atoms with Crippen molar-refractivity contribution in [3.05, 3.63) is 17.1 Å². The zero-order chi connectivity index (χ0) is 7.98. The van der Waals surface area contributed by atoms with Crippen molar-refractivity contribution in [2.24, 2.45) is 7.05 Å². The van der Waals surface area contributed by atoms with Gasteiger partial charge in [0.2, 0.25) is 5.51 Å². The highest BCUT2D eigenvalue weighted by molar-refractivity contribution is 7.07. The molecular formula is C5H10BF4NS. The number of rotatable bonds is 0. The molecule has 1 aromatic rings. The van der Waals surface area contributed by atoms with Crippen LogP contribution in [0.5, 0.6) is 0 Å². The van der Waals surface area contributed by atoms with E-state index < -0.39 is 7.54 Å². The second kappa shape index (κ2) is 10.4. The summed E-state index contributed by atoms with van der Waals surface area (Å²) < 4.78 is 31.0. The van der Waals surface area contributed by atoms with E-state index in [1.807, 2.05) is 28.7 Å². The lowest BCUT2D eigenvalue weighted by Gasteiger charge is -1.62. The van der Waals surface area contributed by atoms with Gasteiger partial charge in [-0.05, 0) is 0 Å². The molecule has 0 saturated heterocycles. The van der Waals surface area contributed by atoms with Crippen molar-refractivity contribution in [2.75, 3.05) is 0 Å². The summed E-state index contributed by atoms with van der Waals surface area (Å²) in [4.78, 5) is 0. The van der Waals surface area contributed by atoms with Crippen molar-refractivity contribution in [3.63, 3.8) is 0 Å². The van der Waals surface area contributed by atoms with E-state index in [1.165, 1.54) is 0 Å². The third-order valence-corrected chi connectivity index (χ3v) is 1.33. The van der Waals surface area contributed by atoms with Gasteiger partial charge in [0.05, 0.1) is 5.38 Å². The van der Waals surface area contributed by atoms with Crippen LogP contribution in [0.4, 0.5) is 12.9 Å². The average Bonchev–Trinajstić information content (AvgIpc) is 2.15. The molecule has 1 aromatic heterocycles. The van der Waals surface area contributed by atoms with Gasteiger partial charge in [-0.25, -0.2) is 0 Å². The maximum absolute atomic E-state index is 9.67. The molecule has 0 saturated carbocycles. The van der Waals surface area contributed by atoms with Crippen molar-refractivity contribution in [3.8, 4) is 0 Å². The molecule has 0 unspecified atom stereocenters. The molecule has 0 fully saturated rings. The maximum Gasteiger partial charge on any atom is 0.762 e. The normalized spacial score (nSPS) is 6.67. The molecule has 0 aromatic carbocycles. The van der Waals surface area contributed by atoms with E-state index in [4.69, 9.17) is 0 Å². The number of hydrogen-bond acceptors (Lipinski definition) is 1. The van der Waals surface area contributed by atoms with Crippen molar-refractivity contribution in [1.82, 2.24) is 0 Å². The molecule has 0 aliphatic rings. The predicted molar refractivity (Wildman–Crippen MR) is 41.3 cm³/mol. The second-order valence-corrected chi connectivity index (χ2v) is 2.19. The summed E-state index contributed by atoms with van der Waals surface area (Å²) in [6, 6.07) is 0. The average molecular weight is 203 g/mol. The van der Waals surface area contributed by atoms with Gasteiger partial charge in [0.1, 0.15) is 7.05 Å². The summed E-state index contributed by atoms with van der Waals surface area (Å²) in [5, 5.41) is 2.04. The van der Waals surface area contributed by atoms with E-state index in [0.29, 0.717) is 0 Å². The van der Waals surface area contributed by atoms with Crippen LogP contribution in [0.3, 0.4) is 0 Å². The van der Waals surface area contributed by atoms with Gasteiger partial charge in [-0.15, -0.1) is 0 Å². The fourth-order valence-electron chi connectivity index (χ4n) is 0.297. The van der Waals surface area contributed by atoms with E-state index in [9.17, 15) is 12.9 Å². The molecule has 0 spiro atoms. The van der Waals surface area contributed by atoms with Crippen LogP contribution in [0.1, 0.15) is 7.43 Å². The van der Waals surface area contributed by atoms with Crippen LogP contribution < -0.4 is 9.27 Å². The highest BCUT2D eigenvalue weighted by Crippen LogP contribution is 1.83. The Kier molecular flexibility index (Phi) is 15.2. The summed E-state index contributed by atoms with van der Waals surface area (Å²) in [6.07, 6.45) is 2.02. The Morgan fingerprint density at radius 3 is 1.83 bits per heavy atom. The van der Waals surface area contributed by atoms with Crippen LogP contribution >= 0.6 is 11.3 Å². The Morgan fingerprint density at radius 1 is 1.33 bits per heavy atom. The van der Waals surface area contributed by atoms with E-state index in [0.717, 1.165) is 0 Å². The molecule has 1 rings (SSSR count). The molecule has 72 valence electrons. The fraction of sp³-hybridized carbons (Fsp3) is 0.400. The number of aryl methyl sites for hydroxylation is 1. The molecule has 0 N–H and O–H groups in total. The third-order valence-electron chi connectivity index (χ3n) is 0.602. The summed E-state index contributed by atoms with van der Waals surface area (Å²) >= 11 is 1.70.